The molecule has 80 heavy (non-hydrogen) atoms. The highest BCUT2D eigenvalue weighted by atomic mass is 16.8. The van der Waals surface area contributed by atoms with E-state index in [1.54, 1.807) is 0 Å². The zero-order valence-electron chi connectivity index (χ0n) is 49.6. The summed E-state index contributed by atoms with van der Waals surface area (Å²) in [5, 5.41) is 119. The van der Waals surface area contributed by atoms with Crippen molar-refractivity contribution in [3.8, 4) is 0 Å². The summed E-state index contributed by atoms with van der Waals surface area (Å²) in [5.41, 5.74) is 0. The minimum absolute atomic E-state index is 0.244. The largest absolute Gasteiger partial charge is 0.394 e. The third-order valence-electron chi connectivity index (χ3n) is 16.7. The summed E-state index contributed by atoms with van der Waals surface area (Å²) in [4.78, 5) is 12.8. The predicted octanol–water partition coefficient (Wildman–Crippen LogP) is 6.77. The van der Waals surface area contributed by atoms with Crippen molar-refractivity contribution in [2.45, 2.75) is 356 Å². The van der Waals surface area contributed by atoms with E-state index in [1.807, 2.05) is 6.92 Å². The van der Waals surface area contributed by atoms with Gasteiger partial charge >= 0.3 is 0 Å². The molecule has 19 nitrogen and oxygen atoms in total. The molecule has 3 saturated heterocycles. The topological polar surface area (TPSA) is 307 Å². The lowest BCUT2D eigenvalue weighted by Gasteiger charge is -2.48. The van der Waals surface area contributed by atoms with Gasteiger partial charge in [-0.1, -0.05) is 232 Å². The van der Waals surface area contributed by atoms with Gasteiger partial charge in [-0.2, -0.15) is 0 Å². The molecule has 17 unspecified atom stereocenters. The number of carbonyl (C=O) groups excluding carboxylic acids is 1. The molecule has 17 atom stereocenters. The minimum atomic E-state index is -1.97. The van der Waals surface area contributed by atoms with Gasteiger partial charge in [-0.3, -0.25) is 4.79 Å². The summed E-state index contributed by atoms with van der Waals surface area (Å²) < 4.78 is 34.0. The summed E-state index contributed by atoms with van der Waals surface area (Å²) in [6, 6.07) is -0.877. The normalized spacial score (nSPS) is 29.9. The lowest BCUT2D eigenvalue weighted by atomic mass is 9.96. The molecule has 0 aliphatic carbocycles. The summed E-state index contributed by atoms with van der Waals surface area (Å²) in [6.07, 6.45) is 19.7. The van der Waals surface area contributed by atoms with E-state index in [-0.39, 0.29) is 18.9 Å². The van der Waals surface area contributed by atoms with Gasteiger partial charge in [-0.25, -0.2) is 0 Å². The molecule has 0 saturated carbocycles. The van der Waals surface area contributed by atoms with Crippen LogP contribution in [0, 0.1) is 0 Å². The number of unbranched alkanes of at least 4 members (excludes halogenated alkanes) is 33. The molecular weight excluding hydrogens is 1030 g/mol. The van der Waals surface area contributed by atoms with Crippen LogP contribution in [0.1, 0.15) is 251 Å². The van der Waals surface area contributed by atoms with Crippen LogP contribution in [-0.4, -0.2) is 193 Å². The maximum absolute atomic E-state index is 12.8. The monoisotopic (exact) mass is 1150 g/mol. The Balaban J connectivity index is 1.24. The van der Waals surface area contributed by atoms with Gasteiger partial charge in [0, 0.05) is 6.42 Å². The number of aliphatic hydroxyl groups excluding tert-OH is 11. The van der Waals surface area contributed by atoms with Crippen molar-refractivity contribution in [1.82, 2.24) is 5.32 Å². The molecule has 3 aliphatic heterocycles. The van der Waals surface area contributed by atoms with E-state index in [2.05, 4.69) is 12.2 Å². The standard InChI is InChI=1S/C61H117NO18/c1-3-5-7-8-9-10-11-12-13-14-15-16-17-18-19-20-21-22-23-24-25-26-27-28-29-30-31-32-33-34-35-36-37-38-45(66)44(62-49(67)39-6-4-2)43-75-59-55(73)52(70)57(47(41-64)77-59)80-61-56(74)53(71)58(48(42-65)78-61)79-60-54(72)51(69)50(68)46(40-63)76-60/h44-48,50-61,63-66,68-74H,3-43H2,1-2H3,(H,62,67). The molecule has 0 aromatic heterocycles. The van der Waals surface area contributed by atoms with Crippen LogP contribution in [0.5, 0.6) is 0 Å². The number of aliphatic hydroxyl groups is 11. The molecule has 0 aromatic rings. The van der Waals surface area contributed by atoms with Crippen molar-refractivity contribution in [1.29, 1.82) is 0 Å². The van der Waals surface area contributed by atoms with Crippen LogP contribution in [-0.2, 0) is 33.2 Å². The Morgan fingerprint density at radius 1 is 0.400 bits per heavy atom. The highest BCUT2D eigenvalue weighted by Gasteiger charge is 2.53. The van der Waals surface area contributed by atoms with Gasteiger partial charge in [0.25, 0.3) is 0 Å². The van der Waals surface area contributed by atoms with Crippen LogP contribution < -0.4 is 5.32 Å². The molecule has 3 heterocycles. The van der Waals surface area contributed by atoms with Gasteiger partial charge in [0.05, 0.1) is 38.6 Å². The first kappa shape index (κ1) is 73.0. The van der Waals surface area contributed by atoms with Crippen LogP contribution in [0.3, 0.4) is 0 Å². The van der Waals surface area contributed by atoms with Gasteiger partial charge < -0.3 is 89.9 Å². The molecule has 0 radical (unpaired) electrons. The van der Waals surface area contributed by atoms with Gasteiger partial charge in [-0.15, -0.1) is 0 Å². The van der Waals surface area contributed by atoms with E-state index in [4.69, 9.17) is 28.4 Å². The lowest BCUT2D eigenvalue weighted by Crippen LogP contribution is -2.66. The zero-order chi connectivity index (χ0) is 58.3. The molecule has 0 aromatic carbocycles. The maximum atomic E-state index is 12.8. The minimum Gasteiger partial charge on any atom is -0.394 e. The third kappa shape index (κ3) is 28.3. The average molecular weight is 1150 g/mol. The van der Waals surface area contributed by atoms with Gasteiger partial charge in [0.15, 0.2) is 18.9 Å². The van der Waals surface area contributed by atoms with Gasteiger partial charge in [0.2, 0.25) is 5.91 Å². The second-order valence-electron chi connectivity index (χ2n) is 23.6. The van der Waals surface area contributed by atoms with E-state index in [0.717, 1.165) is 32.1 Å². The Bertz CT molecular complexity index is 1470. The molecule has 19 heteroatoms. The Morgan fingerprint density at radius 3 is 1.07 bits per heavy atom. The van der Waals surface area contributed by atoms with Crippen molar-refractivity contribution in [3.05, 3.63) is 0 Å². The molecule has 1 amide bonds. The van der Waals surface area contributed by atoms with Crippen LogP contribution in [0.15, 0.2) is 0 Å². The number of nitrogens with one attached hydrogen (secondary N) is 1. The molecule has 0 bridgehead atoms. The number of rotatable bonds is 49. The number of hydrogen-bond donors (Lipinski definition) is 12. The van der Waals surface area contributed by atoms with E-state index >= 15 is 0 Å². The summed E-state index contributed by atoms with van der Waals surface area (Å²) >= 11 is 0. The fraction of sp³-hybridized carbons (Fsp3) is 0.984. The first-order valence-corrected chi connectivity index (χ1v) is 32.3. The van der Waals surface area contributed by atoms with Crippen molar-refractivity contribution in [2.24, 2.45) is 0 Å². The fourth-order valence-electron chi connectivity index (χ4n) is 11.4. The SMILES string of the molecule is CCCCCCCCCCCCCCCCCCCCCCCCCCCCCCCCCCCC(O)C(COC1OC(CO)C(OC2OC(CO)C(OC3OC(CO)C(O)C(O)C3O)C(O)C2O)C(O)C1O)NC(=O)CCCC. The third-order valence-corrected chi connectivity index (χ3v) is 16.7. The van der Waals surface area contributed by atoms with E-state index in [1.165, 1.54) is 186 Å². The Morgan fingerprint density at radius 2 is 0.713 bits per heavy atom. The molecule has 12 N–H and O–H groups in total. The number of amides is 1. The summed E-state index contributed by atoms with van der Waals surface area (Å²) in [5.74, 6) is -0.275. The van der Waals surface area contributed by atoms with E-state index in [9.17, 15) is 61.0 Å². The highest BCUT2D eigenvalue weighted by molar-refractivity contribution is 5.76. The number of ether oxygens (including phenoxy) is 6. The number of carbonyl (C=O) groups is 1. The second kappa shape index (κ2) is 45.2. The van der Waals surface area contributed by atoms with Crippen LogP contribution >= 0.6 is 0 Å². The smallest absolute Gasteiger partial charge is 0.220 e. The van der Waals surface area contributed by atoms with E-state index in [0.29, 0.717) is 12.8 Å². The average Bonchev–Trinajstić information content (AvgIpc) is 3.55. The summed E-state index contributed by atoms with van der Waals surface area (Å²) in [7, 11) is 0. The quantitative estimate of drug-likeness (QED) is 0.0280. The Hall–Kier alpha value is -1.21. The van der Waals surface area contributed by atoms with Crippen LogP contribution in [0.4, 0.5) is 0 Å². The second-order valence-corrected chi connectivity index (χ2v) is 23.6. The molecular formula is C61H117NO18. The lowest BCUT2D eigenvalue weighted by molar-refractivity contribution is -0.379. The molecule has 3 rings (SSSR count). The first-order valence-electron chi connectivity index (χ1n) is 32.3. The number of hydrogen-bond acceptors (Lipinski definition) is 18. The zero-order valence-corrected chi connectivity index (χ0v) is 49.6. The van der Waals surface area contributed by atoms with Crippen LogP contribution in [0.2, 0.25) is 0 Å². The van der Waals surface area contributed by atoms with Crippen molar-refractivity contribution in [2.75, 3.05) is 26.4 Å². The molecule has 474 valence electrons. The fourth-order valence-corrected chi connectivity index (χ4v) is 11.4. The van der Waals surface area contributed by atoms with Crippen molar-refractivity contribution < 1.29 is 89.4 Å². The molecule has 0 spiro atoms. The highest BCUT2D eigenvalue weighted by Crippen LogP contribution is 2.33. The van der Waals surface area contributed by atoms with Crippen molar-refractivity contribution in [3.63, 3.8) is 0 Å². The summed E-state index contributed by atoms with van der Waals surface area (Å²) in [6.45, 7) is 1.55. The Kier molecular flexibility index (Phi) is 41.2. The van der Waals surface area contributed by atoms with Crippen molar-refractivity contribution >= 4 is 5.91 Å². The Labute approximate surface area is 481 Å². The van der Waals surface area contributed by atoms with E-state index < -0.39 is 124 Å². The first-order chi connectivity index (χ1) is 38.8. The predicted molar refractivity (Wildman–Crippen MR) is 305 cm³/mol. The maximum Gasteiger partial charge on any atom is 0.220 e. The van der Waals surface area contributed by atoms with Gasteiger partial charge in [-0.05, 0) is 12.8 Å². The van der Waals surface area contributed by atoms with Crippen LogP contribution in [0.25, 0.3) is 0 Å². The molecule has 3 fully saturated rings. The van der Waals surface area contributed by atoms with Gasteiger partial charge in [0.1, 0.15) is 73.2 Å². The molecule has 3 aliphatic rings.